The van der Waals surface area contributed by atoms with E-state index in [2.05, 4.69) is 5.32 Å². The van der Waals surface area contributed by atoms with Crippen LogP contribution in [0, 0.1) is 0 Å². The van der Waals surface area contributed by atoms with Crippen molar-refractivity contribution in [3.05, 3.63) is 23.8 Å². The smallest absolute Gasteiger partial charge is 0.261 e. The molecule has 21 heavy (non-hydrogen) atoms. The summed E-state index contributed by atoms with van der Waals surface area (Å²) >= 11 is 0. The Morgan fingerprint density at radius 2 is 2.29 bits per heavy atom. The quantitative estimate of drug-likeness (QED) is 0.820. The van der Waals surface area contributed by atoms with Gasteiger partial charge in [0.05, 0.1) is 11.0 Å². The van der Waals surface area contributed by atoms with Gasteiger partial charge in [0.2, 0.25) is 5.91 Å². The maximum Gasteiger partial charge on any atom is 0.261 e. The third-order valence-corrected chi connectivity index (χ3v) is 4.68. The summed E-state index contributed by atoms with van der Waals surface area (Å²) in [6.07, 6.45) is -0.106. The molecule has 2 rings (SSSR count). The number of nitrogens with one attached hydrogen (secondary N) is 1. The van der Waals surface area contributed by atoms with Crippen LogP contribution in [-0.2, 0) is 18.6 Å². The van der Waals surface area contributed by atoms with Crippen LogP contribution in [0.5, 0.6) is 5.75 Å². The molecule has 1 N–H and O–H groups in total. The number of halogens is 1. The molecule has 1 aliphatic rings. The molecule has 0 aliphatic carbocycles. The molecule has 6 nitrogen and oxygen atoms in total. The second-order valence-electron chi connectivity index (χ2n) is 4.79. The molecule has 1 heterocycles. The molecule has 116 valence electrons. The lowest BCUT2D eigenvalue weighted by Crippen LogP contribution is -2.35. The average Bonchev–Trinajstić information content (AvgIpc) is 2.86. The Kier molecular flexibility index (Phi) is 4.75. The first-order chi connectivity index (χ1) is 9.82. The Bertz CT molecular complexity index is 646. The van der Waals surface area contributed by atoms with E-state index in [0.29, 0.717) is 17.9 Å². The van der Waals surface area contributed by atoms with Crippen molar-refractivity contribution < 1.29 is 22.7 Å². The molecule has 1 amide bonds. The lowest BCUT2D eigenvalue weighted by molar-refractivity contribution is -0.123. The fourth-order valence-electron chi connectivity index (χ4n) is 2.01. The number of carbonyl (C=O) groups excluding carboxylic acids is 1. The van der Waals surface area contributed by atoms with Crippen LogP contribution in [0.2, 0.25) is 0 Å². The van der Waals surface area contributed by atoms with E-state index in [-0.39, 0.29) is 23.5 Å². The van der Waals surface area contributed by atoms with E-state index < -0.39 is 15.0 Å². The minimum absolute atomic E-state index is 0.0449. The van der Waals surface area contributed by atoms with Gasteiger partial charge in [-0.25, -0.2) is 8.42 Å². The highest BCUT2D eigenvalue weighted by molar-refractivity contribution is 8.13. The summed E-state index contributed by atoms with van der Waals surface area (Å²) in [4.78, 5) is 12.1. The Morgan fingerprint density at radius 3 is 2.90 bits per heavy atom. The van der Waals surface area contributed by atoms with Crippen LogP contribution in [0.15, 0.2) is 23.1 Å². The zero-order valence-electron chi connectivity index (χ0n) is 11.6. The van der Waals surface area contributed by atoms with E-state index in [1.54, 1.807) is 7.11 Å². The lowest BCUT2D eigenvalue weighted by Gasteiger charge is -2.14. The van der Waals surface area contributed by atoms with Gasteiger partial charge < -0.3 is 14.8 Å². The van der Waals surface area contributed by atoms with Crippen molar-refractivity contribution in [1.29, 1.82) is 0 Å². The third-order valence-electron chi connectivity index (χ3n) is 3.33. The van der Waals surface area contributed by atoms with Crippen LogP contribution in [0.25, 0.3) is 0 Å². The SMILES string of the molecule is COC(C)CNC(=O)C1COc2ccc(S(=O)(=O)Cl)cc21. The van der Waals surface area contributed by atoms with Gasteiger partial charge in [-0.05, 0) is 25.1 Å². The van der Waals surface area contributed by atoms with Gasteiger partial charge >= 0.3 is 0 Å². The molecule has 0 saturated carbocycles. The summed E-state index contributed by atoms with van der Waals surface area (Å²) in [5, 5.41) is 2.75. The van der Waals surface area contributed by atoms with Gasteiger partial charge in [-0.2, -0.15) is 0 Å². The van der Waals surface area contributed by atoms with Crippen molar-refractivity contribution >= 4 is 25.6 Å². The summed E-state index contributed by atoms with van der Waals surface area (Å²) in [7, 11) is 3.04. The first kappa shape index (κ1) is 16.1. The standard InChI is InChI=1S/C13H16ClNO5S/c1-8(19-2)6-15-13(16)11-7-20-12-4-3-9(5-10(11)12)21(14,17)18/h3-5,8,11H,6-7H2,1-2H3,(H,15,16). The predicted molar refractivity (Wildman–Crippen MR) is 77.2 cm³/mol. The average molecular weight is 334 g/mol. The van der Waals surface area contributed by atoms with Crippen LogP contribution in [0.1, 0.15) is 18.4 Å². The zero-order valence-corrected chi connectivity index (χ0v) is 13.2. The van der Waals surface area contributed by atoms with Gasteiger partial charge in [0, 0.05) is 29.9 Å². The summed E-state index contributed by atoms with van der Waals surface area (Å²) < 4.78 is 33.2. The first-order valence-corrected chi connectivity index (χ1v) is 8.65. The molecular weight excluding hydrogens is 318 g/mol. The number of ether oxygens (including phenoxy) is 2. The molecule has 0 saturated heterocycles. The Balaban J connectivity index is 2.19. The summed E-state index contributed by atoms with van der Waals surface area (Å²) in [6.45, 7) is 2.38. The van der Waals surface area contributed by atoms with Crippen molar-refractivity contribution in [2.45, 2.75) is 23.8 Å². The lowest BCUT2D eigenvalue weighted by atomic mass is 10.0. The van der Waals surface area contributed by atoms with Crippen molar-refractivity contribution in [3.8, 4) is 5.75 Å². The van der Waals surface area contributed by atoms with E-state index in [4.69, 9.17) is 20.2 Å². The zero-order chi connectivity index (χ0) is 15.6. The fraction of sp³-hybridized carbons (Fsp3) is 0.462. The number of methoxy groups -OCH3 is 1. The number of carbonyl (C=O) groups is 1. The highest BCUT2D eigenvalue weighted by atomic mass is 35.7. The largest absolute Gasteiger partial charge is 0.492 e. The molecule has 0 spiro atoms. The molecule has 1 aliphatic heterocycles. The van der Waals surface area contributed by atoms with Crippen molar-refractivity contribution in [2.75, 3.05) is 20.3 Å². The van der Waals surface area contributed by atoms with E-state index in [1.807, 2.05) is 6.92 Å². The molecule has 1 aromatic carbocycles. The van der Waals surface area contributed by atoms with Crippen LogP contribution >= 0.6 is 10.7 Å². The highest BCUT2D eigenvalue weighted by Crippen LogP contribution is 2.36. The van der Waals surface area contributed by atoms with Gasteiger partial charge in [-0.15, -0.1) is 0 Å². The van der Waals surface area contributed by atoms with Crippen molar-refractivity contribution in [2.24, 2.45) is 0 Å². The predicted octanol–water partition coefficient (Wildman–Crippen LogP) is 1.24. The minimum Gasteiger partial charge on any atom is -0.492 e. The summed E-state index contributed by atoms with van der Waals surface area (Å²) in [6, 6.07) is 4.25. The monoisotopic (exact) mass is 333 g/mol. The topological polar surface area (TPSA) is 81.7 Å². The molecule has 0 radical (unpaired) electrons. The van der Waals surface area contributed by atoms with Crippen LogP contribution in [-0.4, -0.2) is 40.7 Å². The molecule has 0 fully saturated rings. The maximum atomic E-state index is 12.2. The second-order valence-corrected chi connectivity index (χ2v) is 7.36. The number of fused-ring (bicyclic) bond motifs is 1. The highest BCUT2D eigenvalue weighted by Gasteiger charge is 2.31. The van der Waals surface area contributed by atoms with Crippen molar-refractivity contribution in [3.63, 3.8) is 0 Å². The number of hydrogen-bond donors (Lipinski definition) is 1. The molecule has 2 unspecified atom stereocenters. The fourth-order valence-corrected chi connectivity index (χ4v) is 2.80. The van der Waals surface area contributed by atoms with Gasteiger partial charge in [-0.1, -0.05) is 0 Å². The third kappa shape index (κ3) is 3.66. The van der Waals surface area contributed by atoms with Crippen molar-refractivity contribution in [1.82, 2.24) is 5.32 Å². The molecule has 0 bridgehead atoms. The van der Waals surface area contributed by atoms with Gasteiger partial charge in [0.1, 0.15) is 18.3 Å². The Labute approximate surface area is 127 Å². The number of amides is 1. The minimum atomic E-state index is -3.84. The Hall–Kier alpha value is -1.31. The molecular formula is C13H16ClNO5S. The summed E-state index contributed by atoms with van der Waals surface area (Å²) in [5.41, 5.74) is 0.527. The molecule has 1 aromatic rings. The molecule has 8 heteroatoms. The van der Waals surface area contributed by atoms with Crippen LogP contribution in [0.3, 0.4) is 0 Å². The first-order valence-electron chi connectivity index (χ1n) is 6.35. The van der Waals surface area contributed by atoms with E-state index in [0.717, 1.165) is 0 Å². The maximum absolute atomic E-state index is 12.2. The molecule has 0 aromatic heterocycles. The van der Waals surface area contributed by atoms with Gasteiger partial charge in [0.25, 0.3) is 9.05 Å². The second kappa shape index (κ2) is 6.21. The van der Waals surface area contributed by atoms with Gasteiger partial charge in [0.15, 0.2) is 0 Å². The van der Waals surface area contributed by atoms with E-state index in [1.165, 1.54) is 18.2 Å². The number of hydrogen-bond acceptors (Lipinski definition) is 5. The van der Waals surface area contributed by atoms with Crippen LogP contribution < -0.4 is 10.1 Å². The number of rotatable bonds is 5. The van der Waals surface area contributed by atoms with Gasteiger partial charge in [-0.3, -0.25) is 4.79 Å². The van der Waals surface area contributed by atoms with E-state index >= 15 is 0 Å². The normalized spacial score (nSPS) is 18.7. The Morgan fingerprint density at radius 1 is 1.57 bits per heavy atom. The van der Waals surface area contributed by atoms with E-state index in [9.17, 15) is 13.2 Å². The molecule has 2 atom stereocenters. The summed E-state index contributed by atoms with van der Waals surface area (Å²) in [5.74, 6) is -0.289. The van der Waals surface area contributed by atoms with Crippen LogP contribution in [0.4, 0.5) is 0 Å². The number of benzene rings is 1.